The molecule has 0 rings (SSSR count). The van der Waals surface area contributed by atoms with Gasteiger partial charge in [0.05, 0.1) is 0 Å². The van der Waals surface area contributed by atoms with Crippen LogP contribution in [-0.2, 0) is 4.79 Å². The molecule has 0 atom stereocenters. The van der Waals surface area contributed by atoms with Crippen molar-refractivity contribution in [2.45, 2.75) is 50.0 Å². The molecule has 4 heteroatoms. The summed E-state index contributed by atoms with van der Waals surface area (Å²) in [6, 6.07) is 0. The van der Waals surface area contributed by atoms with Crippen LogP contribution in [-0.4, -0.2) is 17.0 Å². The van der Waals surface area contributed by atoms with E-state index in [1.54, 1.807) is 0 Å². The van der Waals surface area contributed by atoms with Gasteiger partial charge in [-0.3, -0.25) is 4.79 Å². The highest BCUT2D eigenvalue weighted by Crippen LogP contribution is 2.04. The number of nitrogens with one attached hydrogen (secondary N) is 1. The van der Waals surface area contributed by atoms with Crippen molar-refractivity contribution in [2.24, 2.45) is 0 Å². The maximum atomic E-state index is 11.0. The Bertz CT molecular complexity index is 151. The third-order valence-corrected chi connectivity index (χ3v) is 2.53. The van der Waals surface area contributed by atoms with Crippen LogP contribution in [0.25, 0.3) is 0 Å². The zero-order valence-electron chi connectivity index (χ0n) is 8.83. The first-order valence-corrected chi connectivity index (χ1v) is 6.35. The Morgan fingerprint density at radius 2 is 1.71 bits per heavy atom. The van der Waals surface area contributed by atoms with Crippen LogP contribution in [0.5, 0.6) is 0 Å². The van der Waals surface area contributed by atoms with E-state index in [-0.39, 0.29) is 5.91 Å². The van der Waals surface area contributed by atoms with Crippen LogP contribution in [0.4, 0.5) is 0 Å². The minimum absolute atomic E-state index is 0.0924. The maximum Gasteiger partial charge on any atom is 0.242 e. The van der Waals surface area contributed by atoms with E-state index < -0.39 is 4.58 Å². The van der Waals surface area contributed by atoms with Gasteiger partial charge in [-0.15, -0.1) is 0 Å². The molecule has 0 saturated carbocycles. The zero-order chi connectivity index (χ0) is 10.8. The van der Waals surface area contributed by atoms with Crippen LogP contribution >= 0.6 is 25.3 Å². The van der Waals surface area contributed by atoms with E-state index in [1.165, 1.54) is 32.1 Å². The van der Waals surface area contributed by atoms with Gasteiger partial charge < -0.3 is 5.32 Å². The summed E-state index contributed by atoms with van der Waals surface area (Å²) in [6.07, 6.45) is 7.44. The van der Waals surface area contributed by atoms with Gasteiger partial charge in [-0.05, 0) is 6.42 Å². The first-order valence-electron chi connectivity index (χ1n) is 5.32. The van der Waals surface area contributed by atoms with Crippen molar-refractivity contribution in [3.63, 3.8) is 0 Å². The van der Waals surface area contributed by atoms with Crippen LogP contribution in [0.1, 0.15) is 45.4 Å². The molecule has 0 bridgehead atoms. The van der Waals surface area contributed by atoms with Gasteiger partial charge in [-0.1, -0.05) is 39.0 Å². The fourth-order valence-corrected chi connectivity index (χ4v) is 1.39. The number of rotatable bonds is 8. The molecule has 0 unspecified atom stereocenters. The fourth-order valence-electron chi connectivity index (χ4n) is 1.21. The lowest BCUT2D eigenvalue weighted by molar-refractivity contribution is -0.119. The van der Waals surface area contributed by atoms with Gasteiger partial charge in [-0.2, -0.15) is 25.3 Å². The second-order valence-corrected chi connectivity index (χ2v) is 4.87. The maximum absolute atomic E-state index is 11.0. The Balaban J connectivity index is 3.10. The van der Waals surface area contributed by atoms with Crippen molar-refractivity contribution >= 4 is 31.2 Å². The molecule has 1 amide bonds. The van der Waals surface area contributed by atoms with Gasteiger partial charge in [0.25, 0.3) is 0 Å². The van der Waals surface area contributed by atoms with Crippen molar-refractivity contribution in [2.75, 3.05) is 6.54 Å². The van der Waals surface area contributed by atoms with E-state index in [2.05, 4.69) is 37.5 Å². The Labute approximate surface area is 98.0 Å². The normalized spacial score (nSPS) is 10.6. The highest BCUT2D eigenvalue weighted by atomic mass is 32.2. The minimum Gasteiger partial charge on any atom is -0.354 e. The molecule has 14 heavy (non-hydrogen) atoms. The summed E-state index contributed by atoms with van der Waals surface area (Å²) >= 11 is 7.83. The molecule has 0 aliphatic carbocycles. The van der Waals surface area contributed by atoms with Crippen LogP contribution in [0.15, 0.2) is 0 Å². The summed E-state index contributed by atoms with van der Waals surface area (Å²) in [5.41, 5.74) is 0. The number of thiol groups is 2. The van der Waals surface area contributed by atoms with E-state index >= 15 is 0 Å². The highest BCUT2D eigenvalue weighted by Gasteiger charge is 2.06. The average molecular weight is 235 g/mol. The van der Waals surface area contributed by atoms with E-state index in [4.69, 9.17) is 0 Å². The predicted molar refractivity (Wildman–Crippen MR) is 68.1 cm³/mol. The molecule has 0 heterocycles. The van der Waals surface area contributed by atoms with Crippen molar-refractivity contribution in [1.29, 1.82) is 0 Å². The summed E-state index contributed by atoms with van der Waals surface area (Å²) in [5.74, 6) is -0.0924. The largest absolute Gasteiger partial charge is 0.354 e. The summed E-state index contributed by atoms with van der Waals surface area (Å²) in [7, 11) is 0. The second-order valence-electron chi connectivity index (χ2n) is 3.43. The van der Waals surface area contributed by atoms with Crippen molar-refractivity contribution in [1.82, 2.24) is 5.32 Å². The predicted octanol–water partition coefficient (Wildman–Crippen LogP) is 2.65. The van der Waals surface area contributed by atoms with E-state index in [0.717, 1.165) is 13.0 Å². The average Bonchev–Trinajstić information content (AvgIpc) is 2.16. The Hall–Kier alpha value is 0.170. The highest BCUT2D eigenvalue weighted by molar-refractivity contribution is 8.00. The first-order chi connectivity index (χ1) is 6.68. The van der Waals surface area contributed by atoms with Crippen molar-refractivity contribution < 1.29 is 4.79 Å². The summed E-state index contributed by atoms with van der Waals surface area (Å²) in [6.45, 7) is 2.96. The van der Waals surface area contributed by atoms with E-state index in [0.29, 0.717) is 0 Å². The Morgan fingerprint density at radius 1 is 1.14 bits per heavy atom. The number of hydrogen-bond donors (Lipinski definition) is 3. The van der Waals surface area contributed by atoms with Crippen LogP contribution in [0.3, 0.4) is 0 Å². The lowest BCUT2D eigenvalue weighted by Crippen LogP contribution is -2.29. The minimum atomic E-state index is -0.491. The molecule has 0 radical (unpaired) electrons. The monoisotopic (exact) mass is 235 g/mol. The first kappa shape index (κ1) is 14.2. The molecule has 84 valence electrons. The van der Waals surface area contributed by atoms with Crippen molar-refractivity contribution in [3.05, 3.63) is 0 Å². The van der Waals surface area contributed by atoms with Crippen LogP contribution in [0, 0.1) is 0 Å². The smallest absolute Gasteiger partial charge is 0.242 e. The molecule has 0 aromatic carbocycles. The molecule has 0 aromatic heterocycles. The molecule has 1 N–H and O–H groups in total. The molecule has 0 aromatic rings. The van der Waals surface area contributed by atoms with Gasteiger partial charge in [0.1, 0.15) is 4.58 Å². The van der Waals surface area contributed by atoms with Crippen LogP contribution < -0.4 is 5.32 Å². The van der Waals surface area contributed by atoms with Gasteiger partial charge in [0, 0.05) is 6.54 Å². The molecule has 0 saturated heterocycles. The van der Waals surface area contributed by atoms with E-state index in [9.17, 15) is 4.79 Å². The van der Waals surface area contributed by atoms with Gasteiger partial charge in [-0.25, -0.2) is 0 Å². The molecule has 2 nitrogen and oxygen atoms in total. The Morgan fingerprint density at radius 3 is 2.29 bits per heavy atom. The SMILES string of the molecule is CCCCCCCCNC(=O)C(S)S. The lowest BCUT2D eigenvalue weighted by Gasteiger charge is -2.06. The Kier molecular flexibility index (Phi) is 9.83. The summed E-state index contributed by atoms with van der Waals surface area (Å²) in [4.78, 5) is 11.0. The molecule has 0 aliphatic rings. The number of hydrogen-bond acceptors (Lipinski definition) is 3. The lowest BCUT2D eigenvalue weighted by atomic mass is 10.1. The van der Waals surface area contributed by atoms with Gasteiger partial charge in [0.2, 0.25) is 5.91 Å². The summed E-state index contributed by atoms with van der Waals surface area (Å²) < 4.78 is -0.491. The molecule has 0 spiro atoms. The zero-order valence-corrected chi connectivity index (χ0v) is 10.6. The van der Waals surface area contributed by atoms with E-state index in [1.807, 2.05) is 0 Å². The number of amides is 1. The molecule has 0 aliphatic heterocycles. The standard InChI is InChI=1S/C10H21NOS2/c1-2-3-4-5-6-7-8-11-9(12)10(13)14/h10,13-14H,2-8H2,1H3,(H,11,12). The van der Waals surface area contributed by atoms with Crippen molar-refractivity contribution in [3.8, 4) is 0 Å². The number of unbranched alkanes of at least 4 members (excludes halogenated alkanes) is 5. The van der Waals surface area contributed by atoms with Gasteiger partial charge >= 0.3 is 0 Å². The quantitative estimate of drug-likeness (QED) is 0.337. The third-order valence-electron chi connectivity index (χ3n) is 2.06. The number of carbonyl (C=O) groups is 1. The number of carbonyl (C=O) groups excluding carboxylic acids is 1. The molecule has 0 fully saturated rings. The van der Waals surface area contributed by atoms with Gasteiger partial charge in [0.15, 0.2) is 0 Å². The topological polar surface area (TPSA) is 29.1 Å². The van der Waals surface area contributed by atoms with Crippen LogP contribution in [0.2, 0.25) is 0 Å². The molecular formula is C10H21NOS2. The summed E-state index contributed by atoms with van der Waals surface area (Å²) in [5, 5.41) is 2.78. The second kappa shape index (κ2) is 9.71. The molecular weight excluding hydrogens is 214 g/mol. The fraction of sp³-hybridized carbons (Fsp3) is 0.900. The third kappa shape index (κ3) is 8.75.